The lowest BCUT2D eigenvalue weighted by Crippen LogP contribution is -2.61. The van der Waals surface area contributed by atoms with E-state index in [2.05, 4.69) is 93.8 Å². The predicted octanol–water partition coefficient (Wildman–Crippen LogP) is 1.31. The molecule has 0 aliphatic carbocycles. The Hall–Kier alpha value is -11.1. The van der Waals surface area contributed by atoms with E-state index in [4.69, 9.17) is 28.8 Å². The number of hydrogen-bond acceptors (Lipinski definition) is 22. The minimum Gasteiger partial charge on any atom is -0.394 e. The van der Waals surface area contributed by atoms with Crippen molar-refractivity contribution in [3.05, 3.63) is 113 Å². The summed E-state index contributed by atoms with van der Waals surface area (Å²) in [4.78, 5) is 173. The third kappa shape index (κ3) is 28.4. The van der Waals surface area contributed by atoms with Gasteiger partial charge in [0, 0.05) is 76.3 Å². The average molecular weight is 1560 g/mol. The van der Waals surface area contributed by atoms with Gasteiger partial charge < -0.3 is 90.6 Å². The second kappa shape index (κ2) is 43.9. The number of aliphatic hydroxyl groups excluding tert-OH is 1. The van der Waals surface area contributed by atoms with Crippen LogP contribution in [0.3, 0.4) is 0 Å². The number of pyridine rings is 1. The molecule has 1 saturated heterocycles. The van der Waals surface area contributed by atoms with Crippen molar-refractivity contribution in [2.75, 3.05) is 61.9 Å². The highest BCUT2D eigenvalue weighted by Gasteiger charge is 2.41. The van der Waals surface area contributed by atoms with Crippen LogP contribution in [0.5, 0.6) is 0 Å². The summed E-state index contributed by atoms with van der Waals surface area (Å²) in [5.41, 5.74) is 18.7. The number of unbranched alkanes of at least 4 members (excludes halogenated alkanes) is 3. The second-order valence-electron chi connectivity index (χ2n) is 28.5. The highest BCUT2D eigenvalue weighted by atomic mass is 35.5. The molecule has 10 atom stereocenters. The molecule has 36 heteroatoms. The lowest BCUT2D eigenvalue weighted by Gasteiger charge is -2.33. The number of carbonyl (C=O) groups excluding carboxylic acids is 11. The van der Waals surface area contributed by atoms with Crippen molar-refractivity contribution in [2.45, 2.75) is 204 Å². The summed E-state index contributed by atoms with van der Waals surface area (Å²) >= 11 is 6.27. The molecule has 111 heavy (non-hydrogen) atoms. The molecule has 35 nitrogen and oxygen atoms in total. The number of primary amides is 1. The van der Waals surface area contributed by atoms with Crippen LogP contribution in [0.25, 0.3) is 10.8 Å². The molecule has 1 aliphatic rings. The Kier molecular flexibility index (Phi) is 34.5. The number of halogens is 1. The number of hydrogen-bond donors (Lipinski definition) is 17. The molecule has 1 aliphatic heterocycles. The van der Waals surface area contributed by atoms with Gasteiger partial charge in [0.2, 0.25) is 88.8 Å². The van der Waals surface area contributed by atoms with E-state index >= 15 is 14.4 Å². The number of amides is 11. The molecule has 6 aromatic rings. The van der Waals surface area contributed by atoms with E-state index in [1.807, 2.05) is 70.2 Å². The zero-order chi connectivity index (χ0) is 80.7. The summed E-state index contributed by atoms with van der Waals surface area (Å²) in [6, 6.07) is 10.1. The van der Waals surface area contributed by atoms with Crippen LogP contribution < -0.4 is 75.7 Å². The molecule has 0 bridgehead atoms. The van der Waals surface area contributed by atoms with Crippen molar-refractivity contribution in [2.24, 2.45) is 11.7 Å². The Morgan fingerprint density at radius 2 is 1.11 bits per heavy atom. The fourth-order valence-corrected chi connectivity index (χ4v) is 12.9. The number of aromatic amines is 2. The second-order valence-corrected chi connectivity index (χ2v) is 29.0. The van der Waals surface area contributed by atoms with E-state index < -0.39 is 132 Å². The molecular formula is C75H108ClN23O12. The van der Waals surface area contributed by atoms with Gasteiger partial charge in [-0.3, -0.25) is 57.7 Å². The maximum Gasteiger partial charge on any atom is 0.247 e. The number of likely N-dealkylation sites (N-methyl/N-ethyl adjacent to an activating group) is 1. The minimum absolute atomic E-state index is 0.0380. The van der Waals surface area contributed by atoms with E-state index in [0.29, 0.717) is 66.8 Å². The molecule has 0 spiro atoms. The molecule has 602 valence electrons. The highest BCUT2D eigenvalue weighted by molar-refractivity contribution is 6.30. The number of rotatable bonds is 46. The number of nitrogens with zero attached hydrogens (tertiary/aromatic N) is 7. The number of fused-ring (bicyclic) bond motifs is 1. The van der Waals surface area contributed by atoms with Gasteiger partial charge in [0.25, 0.3) is 0 Å². The van der Waals surface area contributed by atoms with Crippen molar-refractivity contribution in [3.8, 4) is 0 Å². The molecule has 1 fully saturated rings. The van der Waals surface area contributed by atoms with Gasteiger partial charge in [-0.05, 0) is 142 Å². The number of anilines is 4. The lowest BCUT2D eigenvalue weighted by molar-refractivity contribution is -0.144. The maximum atomic E-state index is 15.3. The smallest absolute Gasteiger partial charge is 0.247 e. The van der Waals surface area contributed by atoms with Crippen LogP contribution in [0.2, 0.25) is 5.02 Å². The number of carbonyl (C=O) groups is 11. The van der Waals surface area contributed by atoms with Crippen molar-refractivity contribution in [1.29, 1.82) is 0 Å². The quantitative estimate of drug-likeness (QED) is 0.0240. The summed E-state index contributed by atoms with van der Waals surface area (Å²) in [6.07, 6.45) is 5.84. The van der Waals surface area contributed by atoms with Crippen LogP contribution in [0, 0.1) is 5.92 Å². The number of likely N-dealkylation sites (tertiary alicyclic amines) is 1. The largest absolute Gasteiger partial charge is 0.394 e. The highest BCUT2D eigenvalue weighted by Crippen LogP contribution is 2.23. The van der Waals surface area contributed by atoms with Crippen LogP contribution in [0.15, 0.2) is 91.3 Å². The van der Waals surface area contributed by atoms with Gasteiger partial charge in [0.1, 0.15) is 60.4 Å². The van der Waals surface area contributed by atoms with Gasteiger partial charge >= 0.3 is 0 Å². The molecule has 3 aromatic carbocycles. The molecule has 3 aromatic heterocycles. The molecule has 4 heterocycles. The summed E-state index contributed by atoms with van der Waals surface area (Å²) in [7, 11) is 1.29. The first-order valence-electron chi connectivity index (χ1n) is 37.6. The maximum absolute atomic E-state index is 15.3. The van der Waals surface area contributed by atoms with Gasteiger partial charge in [-0.2, -0.15) is 9.97 Å². The summed E-state index contributed by atoms with van der Waals surface area (Å²) < 4.78 is 0. The Morgan fingerprint density at radius 3 is 1.68 bits per heavy atom. The van der Waals surface area contributed by atoms with Gasteiger partial charge in [-0.25, -0.2) is 10.2 Å². The molecule has 20 N–H and O–H groups in total. The summed E-state index contributed by atoms with van der Waals surface area (Å²) in [5, 5.41) is 58.1. The number of aromatic nitrogens is 7. The lowest BCUT2D eigenvalue weighted by atomic mass is 9.99. The van der Waals surface area contributed by atoms with Crippen molar-refractivity contribution < 1.29 is 57.8 Å². The number of aliphatic hydroxyl groups is 1. The van der Waals surface area contributed by atoms with Gasteiger partial charge in [-0.15, -0.1) is 10.2 Å². The van der Waals surface area contributed by atoms with Crippen LogP contribution in [-0.2, 0) is 72.0 Å². The Morgan fingerprint density at radius 1 is 0.586 bits per heavy atom. The first-order chi connectivity index (χ1) is 53.0. The average Bonchev–Trinajstić information content (AvgIpc) is 1.57. The van der Waals surface area contributed by atoms with E-state index in [0.717, 1.165) is 15.7 Å². The van der Waals surface area contributed by atoms with Crippen molar-refractivity contribution in [3.63, 3.8) is 0 Å². The van der Waals surface area contributed by atoms with Gasteiger partial charge in [0.05, 0.1) is 6.61 Å². The zero-order valence-corrected chi connectivity index (χ0v) is 64.7. The topological polar surface area (TPSA) is 521 Å². The van der Waals surface area contributed by atoms with Gasteiger partial charge in [0.15, 0.2) is 0 Å². The third-order valence-electron chi connectivity index (χ3n) is 18.7. The predicted molar refractivity (Wildman–Crippen MR) is 418 cm³/mol. The third-order valence-corrected chi connectivity index (χ3v) is 19.0. The first kappa shape index (κ1) is 87.2. The first-order valence-corrected chi connectivity index (χ1v) is 38.0. The summed E-state index contributed by atoms with van der Waals surface area (Å²) in [6.45, 7) is 10.7. The van der Waals surface area contributed by atoms with E-state index in [1.54, 1.807) is 36.4 Å². The fourth-order valence-electron chi connectivity index (χ4n) is 12.8. The van der Waals surface area contributed by atoms with E-state index in [1.165, 1.54) is 38.2 Å². The monoisotopic (exact) mass is 1560 g/mol. The molecule has 10 unspecified atom stereocenters. The molecular weight excluding hydrogens is 1450 g/mol. The normalized spacial score (nSPS) is 15.1. The van der Waals surface area contributed by atoms with Crippen LogP contribution in [0.1, 0.15) is 135 Å². The Labute approximate surface area is 649 Å². The van der Waals surface area contributed by atoms with Crippen molar-refractivity contribution >= 4 is 111 Å². The number of benzene rings is 3. The molecule has 0 radical (unpaired) electrons. The fraction of sp³-hybridized carbons (Fsp3) is 0.520. The number of nitrogen functional groups attached to an aromatic ring is 2. The number of H-pyrrole nitrogens is 2. The van der Waals surface area contributed by atoms with E-state index in [-0.39, 0.29) is 113 Å². The minimum atomic E-state index is -1.78. The number of nitrogens with two attached hydrogens (primary N) is 3. The van der Waals surface area contributed by atoms with Crippen LogP contribution >= 0.6 is 11.6 Å². The number of nitrogens with one attached hydrogen (secondary N) is 13. The zero-order valence-electron chi connectivity index (χ0n) is 63.9. The summed E-state index contributed by atoms with van der Waals surface area (Å²) in [5.74, 6) is -7.92. The molecule has 0 saturated carbocycles. The molecule has 11 amide bonds. The molecule has 7 rings (SSSR count). The Bertz CT molecular complexity index is 4070. The SMILES string of the molecule is CC(=O)NC(Cc1ccc2ccccc2c1)C(=O)NC(Cc1ccc(Cl)cc1)C(=O)NC(Cc1cccnc1)C(=O)NC(CO)C(=O)N(C)C(CCCCNc1n[nH]c(N)n1)C(=O)NC(CCCCNc1n[nH]c(N)n1)C(=O)NC(CC(C)C)C(=O)NC(CCCCNC(C)C)C(=O)N1CCCC1C(=O)NC(C)C(N)=O. The van der Waals surface area contributed by atoms with Crippen LogP contribution in [-0.4, -0.2) is 222 Å². The Balaban J connectivity index is 1.15. The van der Waals surface area contributed by atoms with Gasteiger partial charge in [-0.1, -0.05) is 100.0 Å². The standard InChI is InChI=1S/C75H108ClN23O12/c1-43(2)36-55(64(104)87-54(22-11-13-32-81-44(3)4)71(111)99-35-17-24-61(99)69(109)84-45(5)62(77)102)88-63(103)53(21-10-14-33-82-74-92-72(78)94-96-74)86-68(108)60(23-12-15-34-83-75-93-73(79)95-97-75)98(7)70(110)59(42-100)91-67(107)58(40-49-18-16-31-80-41-49)90-66(106)57(38-47-26-29-52(76)30-27-47)89-65(105)56(85-46(6)101)39-48-25-28-50-19-8-9-20-51(50)37-48/h8-9,16,18-20,25-31,37,41,43-45,53-61,81,100H,10-15,17,21-24,32-36,38-40,42H2,1-7H3,(H2,77,102)(H,84,109)(H,85,101)(H,86,108)(H,87,104)(H,88,103)(H,89,105)(H,90,106)(H,91,107)(H4,78,82,92,94,96)(H4,79,83,93,95,97). The van der Waals surface area contributed by atoms with Crippen molar-refractivity contribution in [1.82, 2.24) is 93.0 Å². The van der Waals surface area contributed by atoms with E-state index in [9.17, 15) is 43.5 Å². The van der Waals surface area contributed by atoms with Crippen LogP contribution in [0.4, 0.5) is 23.8 Å².